The first kappa shape index (κ1) is 15.1. The summed E-state index contributed by atoms with van der Waals surface area (Å²) in [5, 5.41) is -0.144. The first-order chi connectivity index (χ1) is 9.47. The molecule has 1 aliphatic heterocycles. The molecule has 1 heterocycles. The molecule has 1 aliphatic rings. The fraction of sp³-hybridized carbons (Fsp3) is 0.417. The van der Waals surface area contributed by atoms with Crippen LogP contribution < -0.4 is 14.2 Å². The summed E-state index contributed by atoms with van der Waals surface area (Å²) in [5.74, 6) is 1.40. The second-order valence-corrected chi connectivity index (χ2v) is 6.96. The smallest absolute Gasteiger partial charge is 0.241 e. The van der Waals surface area contributed by atoms with E-state index in [0.717, 1.165) is 11.8 Å². The third-order valence-corrected chi connectivity index (χ3v) is 5.38. The van der Waals surface area contributed by atoms with Gasteiger partial charge in [0.25, 0.3) is 0 Å². The highest BCUT2D eigenvalue weighted by Crippen LogP contribution is 2.30. The van der Waals surface area contributed by atoms with Crippen LogP contribution >= 0.6 is 11.8 Å². The molecule has 20 heavy (non-hydrogen) atoms. The van der Waals surface area contributed by atoms with Crippen molar-refractivity contribution in [3.63, 3.8) is 0 Å². The lowest BCUT2D eigenvalue weighted by atomic mass is 10.3. The van der Waals surface area contributed by atoms with Gasteiger partial charge in [-0.05, 0) is 18.6 Å². The molecule has 8 heteroatoms. The van der Waals surface area contributed by atoms with Crippen LogP contribution in [0.15, 0.2) is 23.1 Å². The molecule has 1 atom stereocenters. The van der Waals surface area contributed by atoms with Crippen molar-refractivity contribution in [1.29, 1.82) is 0 Å². The molecule has 0 aliphatic carbocycles. The van der Waals surface area contributed by atoms with E-state index in [1.165, 1.54) is 32.4 Å². The second-order valence-electron chi connectivity index (χ2n) is 4.15. The van der Waals surface area contributed by atoms with Crippen molar-refractivity contribution in [3.8, 4) is 11.5 Å². The molecule has 0 aromatic heterocycles. The van der Waals surface area contributed by atoms with Gasteiger partial charge in [-0.15, -0.1) is 0 Å². The van der Waals surface area contributed by atoms with Gasteiger partial charge in [0.1, 0.15) is 0 Å². The van der Waals surface area contributed by atoms with Crippen LogP contribution in [0.2, 0.25) is 0 Å². The maximum atomic E-state index is 12.2. The van der Waals surface area contributed by atoms with Crippen LogP contribution in [0, 0.1) is 0 Å². The van der Waals surface area contributed by atoms with Crippen molar-refractivity contribution in [1.82, 2.24) is 4.72 Å². The Morgan fingerprint density at radius 1 is 1.25 bits per heavy atom. The topological polar surface area (TPSA) is 81.7 Å². The molecule has 0 amide bonds. The average Bonchev–Trinajstić information content (AvgIpc) is 2.82. The van der Waals surface area contributed by atoms with Crippen molar-refractivity contribution >= 4 is 26.9 Å². The lowest BCUT2D eigenvalue weighted by molar-refractivity contribution is -0.111. The summed E-state index contributed by atoms with van der Waals surface area (Å²) in [7, 11) is -0.854. The molecule has 0 spiro atoms. The molecule has 1 N–H and O–H groups in total. The van der Waals surface area contributed by atoms with Gasteiger partial charge in [0.05, 0.1) is 25.2 Å². The minimum absolute atomic E-state index is 0.0415. The zero-order valence-electron chi connectivity index (χ0n) is 11.1. The van der Waals surface area contributed by atoms with E-state index in [-0.39, 0.29) is 10.0 Å². The maximum absolute atomic E-state index is 12.2. The van der Waals surface area contributed by atoms with Gasteiger partial charge in [0.15, 0.2) is 11.5 Å². The van der Waals surface area contributed by atoms with Crippen LogP contribution in [-0.2, 0) is 14.8 Å². The fourth-order valence-corrected chi connectivity index (χ4v) is 4.09. The summed E-state index contributed by atoms with van der Waals surface area (Å²) in [6.07, 6.45) is 0.510. The van der Waals surface area contributed by atoms with E-state index in [9.17, 15) is 13.2 Å². The number of nitrogens with one attached hydrogen (secondary N) is 1. The molecule has 0 radical (unpaired) electrons. The van der Waals surface area contributed by atoms with Crippen molar-refractivity contribution in [2.45, 2.75) is 17.4 Å². The highest BCUT2D eigenvalue weighted by molar-refractivity contribution is 8.14. The van der Waals surface area contributed by atoms with E-state index in [2.05, 4.69) is 4.72 Å². The molecule has 0 saturated carbocycles. The van der Waals surface area contributed by atoms with Gasteiger partial charge in [-0.25, -0.2) is 8.42 Å². The first-order valence-corrected chi connectivity index (χ1v) is 8.36. The Morgan fingerprint density at radius 3 is 2.50 bits per heavy atom. The summed E-state index contributed by atoms with van der Waals surface area (Å²) >= 11 is 1.14. The molecule has 1 aromatic rings. The van der Waals surface area contributed by atoms with Gasteiger partial charge in [-0.1, -0.05) is 11.8 Å². The largest absolute Gasteiger partial charge is 0.493 e. The predicted molar refractivity (Wildman–Crippen MR) is 75.7 cm³/mol. The average molecular weight is 317 g/mol. The van der Waals surface area contributed by atoms with E-state index >= 15 is 0 Å². The quantitative estimate of drug-likeness (QED) is 0.873. The molecular weight excluding hydrogens is 302 g/mol. The predicted octanol–water partition coefficient (Wildman–Crippen LogP) is 1.01. The summed E-state index contributed by atoms with van der Waals surface area (Å²) in [5.41, 5.74) is 0. The second kappa shape index (κ2) is 6.02. The number of sulfonamides is 1. The highest BCUT2D eigenvalue weighted by atomic mass is 32.2. The number of hydrogen-bond donors (Lipinski definition) is 1. The van der Waals surface area contributed by atoms with Gasteiger partial charge in [-0.2, -0.15) is 4.72 Å². The number of thioether (sulfide) groups is 1. The third kappa shape index (κ3) is 3.08. The molecule has 6 nitrogen and oxygen atoms in total. The SMILES string of the molecule is COc1ccc(S(=O)(=O)NC2CCSC2=O)cc1OC. The molecule has 1 fully saturated rings. The van der Waals surface area contributed by atoms with E-state index in [0.29, 0.717) is 23.7 Å². The van der Waals surface area contributed by atoms with Crippen LogP contribution in [0.1, 0.15) is 6.42 Å². The van der Waals surface area contributed by atoms with Crippen LogP contribution in [0.3, 0.4) is 0 Å². The van der Waals surface area contributed by atoms with Gasteiger partial charge in [0.2, 0.25) is 15.1 Å². The van der Waals surface area contributed by atoms with Gasteiger partial charge >= 0.3 is 0 Å². The Balaban J connectivity index is 2.27. The Bertz CT molecular complexity index is 614. The monoisotopic (exact) mass is 317 g/mol. The summed E-state index contributed by atoms with van der Waals surface area (Å²) in [4.78, 5) is 11.5. The number of carbonyl (C=O) groups excluding carboxylic acids is 1. The van der Waals surface area contributed by atoms with Gasteiger partial charge in [0, 0.05) is 11.8 Å². The van der Waals surface area contributed by atoms with E-state index in [1.807, 2.05) is 0 Å². The first-order valence-electron chi connectivity index (χ1n) is 5.89. The molecule has 1 unspecified atom stereocenters. The lowest BCUT2D eigenvalue weighted by Crippen LogP contribution is -2.37. The third-order valence-electron chi connectivity index (χ3n) is 2.90. The van der Waals surface area contributed by atoms with Crippen LogP contribution in [0.25, 0.3) is 0 Å². The number of methoxy groups -OCH3 is 2. The zero-order chi connectivity index (χ0) is 14.8. The molecule has 2 rings (SSSR count). The van der Waals surface area contributed by atoms with Gasteiger partial charge in [-0.3, -0.25) is 4.79 Å². The summed E-state index contributed by atoms with van der Waals surface area (Å²) in [6.45, 7) is 0. The van der Waals surface area contributed by atoms with Crippen LogP contribution in [-0.4, -0.2) is 39.5 Å². The molecule has 1 saturated heterocycles. The minimum atomic E-state index is -3.75. The molecular formula is C12H15NO5S2. The summed E-state index contributed by atoms with van der Waals surface area (Å²) in [6, 6.07) is 3.64. The normalized spacial score (nSPS) is 19.1. The van der Waals surface area contributed by atoms with Gasteiger partial charge < -0.3 is 9.47 Å². The van der Waals surface area contributed by atoms with E-state index in [1.54, 1.807) is 0 Å². The summed E-state index contributed by atoms with van der Waals surface area (Å²) < 4.78 is 37.0. The highest BCUT2D eigenvalue weighted by Gasteiger charge is 2.30. The van der Waals surface area contributed by atoms with Crippen molar-refractivity contribution in [2.24, 2.45) is 0 Å². The maximum Gasteiger partial charge on any atom is 0.241 e. The Labute approximate surface area is 121 Å². The van der Waals surface area contributed by atoms with Crippen molar-refractivity contribution in [3.05, 3.63) is 18.2 Å². The lowest BCUT2D eigenvalue weighted by Gasteiger charge is -2.13. The Kier molecular flexibility index (Phi) is 4.56. The molecule has 110 valence electrons. The van der Waals surface area contributed by atoms with Crippen LogP contribution in [0.5, 0.6) is 11.5 Å². The molecule has 0 bridgehead atoms. The fourth-order valence-electron chi connectivity index (χ4n) is 1.84. The minimum Gasteiger partial charge on any atom is -0.493 e. The molecule has 1 aromatic carbocycles. The number of hydrogen-bond acceptors (Lipinski definition) is 6. The number of carbonyl (C=O) groups is 1. The van der Waals surface area contributed by atoms with E-state index in [4.69, 9.17) is 9.47 Å². The van der Waals surface area contributed by atoms with Crippen molar-refractivity contribution in [2.75, 3.05) is 20.0 Å². The number of rotatable bonds is 5. The Morgan fingerprint density at radius 2 is 1.95 bits per heavy atom. The van der Waals surface area contributed by atoms with Crippen LogP contribution in [0.4, 0.5) is 0 Å². The van der Waals surface area contributed by atoms with E-state index < -0.39 is 16.1 Å². The van der Waals surface area contributed by atoms with Crippen molar-refractivity contribution < 1.29 is 22.7 Å². The zero-order valence-corrected chi connectivity index (χ0v) is 12.7. The number of benzene rings is 1. The Hall–Kier alpha value is -1.25. The number of ether oxygens (including phenoxy) is 2. The standard InChI is InChI=1S/C12H15NO5S2/c1-17-10-4-3-8(7-11(10)18-2)20(15,16)13-9-5-6-19-12(9)14/h3-4,7,9,13H,5-6H2,1-2H3.